The van der Waals surface area contributed by atoms with E-state index in [2.05, 4.69) is 10.3 Å². The molecule has 0 fully saturated rings. The third-order valence-electron chi connectivity index (χ3n) is 3.44. The van der Waals surface area contributed by atoms with Crippen molar-refractivity contribution in [2.75, 3.05) is 13.2 Å². The van der Waals surface area contributed by atoms with Gasteiger partial charge in [-0.1, -0.05) is 30.3 Å². The molecule has 1 heterocycles. The number of hydrogen-bond donors (Lipinski definition) is 2. The van der Waals surface area contributed by atoms with E-state index in [9.17, 15) is 5.11 Å². The van der Waals surface area contributed by atoms with E-state index < -0.39 is 0 Å². The van der Waals surface area contributed by atoms with Crippen molar-refractivity contribution in [2.24, 2.45) is 0 Å². The van der Waals surface area contributed by atoms with Gasteiger partial charge in [0.05, 0.1) is 23.4 Å². The molecule has 2 rings (SSSR count). The molecule has 0 spiro atoms. The van der Waals surface area contributed by atoms with E-state index >= 15 is 0 Å². The van der Waals surface area contributed by atoms with E-state index in [0.717, 1.165) is 24.2 Å². The molecule has 0 saturated carbocycles. The summed E-state index contributed by atoms with van der Waals surface area (Å²) < 4.78 is 0. The second kappa shape index (κ2) is 6.28. The van der Waals surface area contributed by atoms with E-state index in [4.69, 9.17) is 0 Å². The molecule has 2 aromatic rings. The quantitative estimate of drug-likeness (QED) is 0.852. The number of aryl methyl sites for hydroxylation is 1. The molecule has 0 aliphatic rings. The lowest BCUT2D eigenvalue weighted by atomic mass is 9.93. The van der Waals surface area contributed by atoms with Crippen LogP contribution in [0, 0.1) is 6.92 Å². The summed E-state index contributed by atoms with van der Waals surface area (Å²) in [6, 6.07) is 10.1. The highest BCUT2D eigenvalue weighted by Crippen LogP contribution is 2.20. The molecule has 4 heteroatoms. The summed E-state index contributed by atoms with van der Waals surface area (Å²) >= 11 is 1.69. The minimum Gasteiger partial charge on any atom is -0.394 e. The summed E-state index contributed by atoms with van der Waals surface area (Å²) in [5.74, 6) is 0. The van der Waals surface area contributed by atoms with Crippen molar-refractivity contribution < 1.29 is 5.11 Å². The van der Waals surface area contributed by atoms with Crippen molar-refractivity contribution in [3.8, 4) is 0 Å². The van der Waals surface area contributed by atoms with E-state index in [1.807, 2.05) is 49.7 Å². The molecule has 19 heavy (non-hydrogen) atoms. The minimum atomic E-state index is -0.389. The molecule has 102 valence electrons. The Morgan fingerprint density at radius 2 is 2.05 bits per heavy atom. The molecule has 0 radical (unpaired) electrons. The predicted octanol–water partition coefficient (Wildman–Crippen LogP) is 2.49. The maximum atomic E-state index is 9.68. The molecular formula is C15H20N2OS. The van der Waals surface area contributed by atoms with Gasteiger partial charge in [-0.3, -0.25) is 0 Å². The van der Waals surface area contributed by atoms with E-state index in [0.29, 0.717) is 0 Å². The second-order valence-corrected chi connectivity index (χ2v) is 5.83. The van der Waals surface area contributed by atoms with Crippen LogP contribution in [0.15, 0.2) is 35.8 Å². The fourth-order valence-electron chi connectivity index (χ4n) is 2.07. The molecule has 0 aliphatic carbocycles. The van der Waals surface area contributed by atoms with Crippen molar-refractivity contribution in [1.82, 2.24) is 10.3 Å². The van der Waals surface area contributed by atoms with Gasteiger partial charge in [0.15, 0.2) is 0 Å². The van der Waals surface area contributed by atoms with Crippen LogP contribution in [0.2, 0.25) is 0 Å². The van der Waals surface area contributed by atoms with Crippen LogP contribution in [-0.4, -0.2) is 23.2 Å². The number of nitrogens with one attached hydrogen (secondary N) is 1. The van der Waals surface area contributed by atoms with Crippen LogP contribution in [0.1, 0.15) is 23.1 Å². The first-order valence-electron chi connectivity index (χ1n) is 6.46. The van der Waals surface area contributed by atoms with E-state index in [-0.39, 0.29) is 12.1 Å². The highest BCUT2D eigenvalue weighted by Gasteiger charge is 2.24. The Balaban J connectivity index is 1.98. The third kappa shape index (κ3) is 3.41. The van der Waals surface area contributed by atoms with Gasteiger partial charge in [0.25, 0.3) is 0 Å². The smallest absolute Gasteiger partial charge is 0.0797 e. The summed E-state index contributed by atoms with van der Waals surface area (Å²) in [6.45, 7) is 4.98. The molecule has 1 aromatic carbocycles. The average Bonchev–Trinajstić information content (AvgIpc) is 2.85. The number of thiazole rings is 1. The fraction of sp³-hybridized carbons (Fsp3) is 0.400. The van der Waals surface area contributed by atoms with Crippen LogP contribution < -0.4 is 5.32 Å². The first kappa shape index (κ1) is 14.2. The van der Waals surface area contributed by atoms with E-state index in [1.165, 1.54) is 4.88 Å². The lowest BCUT2D eigenvalue weighted by Crippen LogP contribution is -2.43. The zero-order valence-electron chi connectivity index (χ0n) is 11.4. The molecule has 1 unspecified atom stereocenters. The fourth-order valence-corrected chi connectivity index (χ4v) is 2.85. The number of hydrogen-bond acceptors (Lipinski definition) is 4. The summed E-state index contributed by atoms with van der Waals surface area (Å²) in [5, 5.41) is 13.1. The Labute approximate surface area is 118 Å². The Morgan fingerprint density at radius 3 is 2.63 bits per heavy atom. The molecule has 0 saturated heterocycles. The van der Waals surface area contributed by atoms with Crippen molar-refractivity contribution in [3.05, 3.63) is 52.0 Å². The molecule has 2 N–H and O–H groups in total. The Bertz CT molecular complexity index is 512. The number of rotatable bonds is 6. The zero-order valence-corrected chi connectivity index (χ0v) is 12.2. The van der Waals surface area contributed by atoms with Gasteiger partial charge in [0.2, 0.25) is 0 Å². The highest BCUT2D eigenvalue weighted by atomic mass is 32.1. The maximum absolute atomic E-state index is 9.68. The summed E-state index contributed by atoms with van der Waals surface area (Å²) in [7, 11) is 0. The monoisotopic (exact) mass is 276 g/mol. The number of nitrogens with zero attached hydrogens (tertiary/aromatic N) is 1. The van der Waals surface area contributed by atoms with Crippen LogP contribution in [0.3, 0.4) is 0 Å². The topological polar surface area (TPSA) is 45.2 Å². The van der Waals surface area contributed by atoms with Crippen LogP contribution in [0.5, 0.6) is 0 Å². The van der Waals surface area contributed by atoms with Gasteiger partial charge in [-0.25, -0.2) is 4.98 Å². The zero-order chi connectivity index (χ0) is 13.7. The Kier molecular flexibility index (Phi) is 4.69. The van der Waals surface area contributed by atoms with Gasteiger partial charge in [-0.15, -0.1) is 11.3 Å². The van der Waals surface area contributed by atoms with E-state index in [1.54, 1.807) is 11.3 Å². The van der Waals surface area contributed by atoms with Crippen molar-refractivity contribution in [3.63, 3.8) is 0 Å². The molecule has 0 aliphatic heterocycles. The summed E-state index contributed by atoms with van der Waals surface area (Å²) in [6.07, 6.45) is 0.943. The minimum absolute atomic E-state index is 0.0820. The lowest BCUT2D eigenvalue weighted by molar-refractivity contribution is 0.176. The third-order valence-corrected chi connectivity index (χ3v) is 4.43. The Hall–Kier alpha value is -1.23. The average molecular weight is 276 g/mol. The number of aromatic nitrogens is 1. The first-order valence-corrected chi connectivity index (χ1v) is 7.34. The molecule has 3 nitrogen and oxygen atoms in total. The normalized spacial score (nSPS) is 14.3. The van der Waals surface area contributed by atoms with Crippen molar-refractivity contribution >= 4 is 11.3 Å². The lowest BCUT2D eigenvalue weighted by Gasteiger charge is -2.29. The molecule has 0 amide bonds. The van der Waals surface area contributed by atoms with Crippen LogP contribution in [0.4, 0.5) is 0 Å². The van der Waals surface area contributed by atoms with Gasteiger partial charge in [-0.2, -0.15) is 0 Å². The van der Waals surface area contributed by atoms with Gasteiger partial charge in [0, 0.05) is 11.4 Å². The van der Waals surface area contributed by atoms with Gasteiger partial charge >= 0.3 is 0 Å². The van der Waals surface area contributed by atoms with Crippen molar-refractivity contribution in [1.29, 1.82) is 0 Å². The summed E-state index contributed by atoms with van der Waals surface area (Å²) in [5.41, 5.74) is 3.71. The predicted molar refractivity (Wildman–Crippen MR) is 79.4 cm³/mol. The number of aliphatic hydroxyl groups is 1. The first-order chi connectivity index (χ1) is 9.15. The molecule has 1 aromatic heterocycles. The van der Waals surface area contributed by atoms with Crippen LogP contribution >= 0.6 is 11.3 Å². The maximum Gasteiger partial charge on any atom is 0.0797 e. The number of aliphatic hydroxyl groups excluding tert-OH is 1. The van der Waals surface area contributed by atoms with Crippen LogP contribution in [-0.2, 0) is 12.0 Å². The molecule has 0 bridgehead atoms. The Morgan fingerprint density at radius 1 is 1.32 bits per heavy atom. The van der Waals surface area contributed by atoms with Crippen molar-refractivity contribution in [2.45, 2.75) is 25.8 Å². The molecule has 1 atom stereocenters. The standard InChI is InChI=1S/C15H20N2OS/c1-12-14(19-11-16-12)8-9-17-15(2,10-18)13-6-4-3-5-7-13/h3-7,11,17-18H,8-10H2,1-2H3. The van der Waals surface area contributed by atoms with Gasteiger partial charge in [-0.05, 0) is 25.8 Å². The number of benzene rings is 1. The molecular weight excluding hydrogens is 256 g/mol. The highest BCUT2D eigenvalue weighted by molar-refractivity contribution is 7.09. The SMILES string of the molecule is Cc1ncsc1CCNC(C)(CO)c1ccccc1. The van der Waals surface area contributed by atoms with Gasteiger partial charge < -0.3 is 10.4 Å². The second-order valence-electron chi connectivity index (χ2n) is 4.89. The van der Waals surface area contributed by atoms with Gasteiger partial charge in [0.1, 0.15) is 0 Å². The summed E-state index contributed by atoms with van der Waals surface area (Å²) in [4.78, 5) is 5.56. The van der Waals surface area contributed by atoms with Crippen LogP contribution in [0.25, 0.3) is 0 Å². The largest absolute Gasteiger partial charge is 0.394 e.